The molecule has 2 saturated heterocycles. The van der Waals surface area contributed by atoms with Gasteiger partial charge in [-0.05, 0) is 37.3 Å². The lowest BCUT2D eigenvalue weighted by Gasteiger charge is -2.35. The van der Waals surface area contributed by atoms with E-state index < -0.39 is 6.17 Å². The van der Waals surface area contributed by atoms with Crippen LogP contribution in [-0.4, -0.2) is 29.8 Å². The third-order valence-corrected chi connectivity index (χ3v) is 3.85. The zero-order valence-corrected chi connectivity index (χ0v) is 7.42. The monoisotopic (exact) mass is 175 g/mol. The molecular formula is C8H14FNS. The van der Waals surface area contributed by atoms with Gasteiger partial charge in [-0.25, -0.2) is 4.39 Å². The summed E-state index contributed by atoms with van der Waals surface area (Å²) in [5.74, 6) is 2.26. The van der Waals surface area contributed by atoms with Gasteiger partial charge in [0, 0.05) is 0 Å². The van der Waals surface area contributed by atoms with Crippen LogP contribution in [-0.2, 0) is 0 Å². The Morgan fingerprint density at radius 1 is 1.36 bits per heavy atom. The van der Waals surface area contributed by atoms with Gasteiger partial charge in [-0.2, -0.15) is 11.8 Å². The minimum Gasteiger partial charge on any atom is -0.308 e. The maximum absolute atomic E-state index is 13.4. The number of hydrogen-bond donors (Lipinski definition) is 1. The Hall–Kier alpha value is 0.240. The first-order valence-corrected chi connectivity index (χ1v) is 5.46. The normalized spacial score (nSPS) is 36.3. The average Bonchev–Trinajstić information content (AvgIpc) is 2.36. The van der Waals surface area contributed by atoms with Crippen molar-refractivity contribution < 1.29 is 4.39 Å². The molecule has 0 saturated carbocycles. The lowest BCUT2D eigenvalue weighted by molar-refractivity contribution is 0.188. The molecule has 0 aromatic heterocycles. The van der Waals surface area contributed by atoms with E-state index in [0.29, 0.717) is 0 Å². The summed E-state index contributed by atoms with van der Waals surface area (Å²) in [5.41, 5.74) is -0.106. The van der Waals surface area contributed by atoms with Crippen molar-refractivity contribution in [3.05, 3.63) is 0 Å². The molecule has 2 aliphatic heterocycles. The Kier molecular flexibility index (Phi) is 2.10. The van der Waals surface area contributed by atoms with Gasteiger partial charge in [0.1, 0.15) is 6.17 Å². The van der Waals surface area contributed by atoms with Gasteiger partial charge < -0.3 is 5.32 Å². The fraction of sp³-hybridized carbons (Fsp3) is 1.00. The first kappa shape index (κ1) is 7.87. The second kappa shape index (κ2) is 2.94. The zero-order chi connectivity index (χ0) is 7.73. The Labute approximate surface area is 71.1 Å². The minimum absolute atomic E-state index is 0.106. The quantitative estimate of drug-likeness (QED) is 0.600. The summed E-state index contributed by atoms with van der Waals surface area (Å²) >= 11 is 1.95. The van der Waals surface area contributed by atoms with Gasteiger partial charge in [0.2, 0.25) is 0 Å². The molecule has 11 heavy (non-hydrogen) atoms. The first-order valence-electron chi connectivity index (χ1n) is 4.30. The molecule has 2 heterocycles. The Balaban J connectivity index is 2.06. The standard InChI is InChI=1S/C8H14FNS/c9-7-1-4-10-8(7)2-5-11-6-3-8/h7,10H,1-6H2. The highest BCUT2D eigenvalue weighted by Gasteiger charge is 2.43. The van der Waals surface area contributed by atoms with Crippen LogP contribution in [0.2, 0.25) is 0 Å². The van der Waals surface area contributed by atoms with Crippen molar-refractivity contribution in [1.82, 2.24) is 5.32 Å². The van der Waals surface area contributed by atoms with Crippen LogP contribution in [0.3, 0.4) is 0 Å². The number of thioether (sulfide) groups is 1. The molecule has 0 aromatic rings. The fourth-order valence-electron chi connectivity index (χ4n) is 2.06. The van der Waals surface area contributed by atoms with Crippen molar-refractivity contribution in [1.29, 1.82) is 0 Å². The SMILES string of the molecule is FC1CCNC12CCSCC2. The summed E-state index contributed by atoms with van der Waals surface area (Å²) < 4.78 is 13.4. The fourth-order valence-corrected chi connectivity index (χ4v) is 3.28. The lowest BCUT2D eigenvalue weighted by atomic mass is 9.89. The van der Waals surface area contributed by atoms with E-state index >= 15 is 0 Å². The number of nitrogens with one attached hydrogen (secondary N) is 1. The predicted molar refractivity (Wildman–Crippen MR) is 46.8 cm³/mol. The van der Waals surface area contributed by atoms with E-state index in [1.807, 2.05) is 11.8 Å². The van der Waals surface area contributed by atoms with Crippen molar-refractivity contribution in [3.8, 4) is 0 Å². The van der Waals surface area contributed by atoms with E-state index in [4.69, 9.17) is 0 Å². The maximum atomic E-state index is 13.4. The summed E-state index contributed by atoms with van der Waals surface area (Å²) in [6.45, 7) is 0.881. The van der Waals surface area contributed by atoms with Gasteiger partial charge in [0.05, 0.1) is 5.54 Å². The second-order valence-electron chi connectivity index (χ2n) is 3.45. The molecule has 0 amide bonds. The minimum atomic E-state index is -0.580. The summed E-state index contributed by atoms with van der Waals surface area (Å²) in [7, 11) is 0. The second-order valence-corrected chi connectivity index (χ2v) is 4.68. The molecule has 1 unspecified atom stereocenters. The first-order chi connectivity index (χ1) is 5.33. The molecule has 2 aliphatic rings. The van der Waals surface area contributed by atoms with Gasteiger partial charge in [-0.3, -0.25) is 0 Å². The highest BCUT2D eigenvalue weighted by Crippen LogP contribution is 2.35. The molecule has 2 rings (SSSR count). The molecule has 2 fully saturated rings. The van der Waals surface area contributed by atoms with Crippen molar-refractivity contribution in [3.63, 3.8) is 0 Å². The van der Waals surface area contributed by atoms with Gasteiger partial charge >= 0.3 is 0 Å². The van der Waals surface area contributed by atoms with Crippen molar-refractivity contribution in [2.24, 2.45) is 0 Å². The van der Waals surface area contributed by atoms with E-state index in [1.54, 1.807) is 0 Å². The highest BCUT2D eigenvalue weighted by atomic mass is 32.2. The van der Waals surface area contributed by atoms with Gasteiger partial charge in [-0.15, -0.1) is 0 Å². The Bertz CT molecular complexity index is 145. The van der Waals surface area contributed by atoms with Crippen LogP contribution in [0.15, 0.2) is 0 Å². The number of halogens is 1. The van der Waals surface area contributed by atoms with Gasteiger partial charge in [-0.1, -0.05) is 0 Å². The lowest BCUT2D eigenvalue weighted by Crippen LogP contribution is -2.48. The highest BCUT2D eigenvalue weighted by molar-refractivity contribution is 7.99. The van der Waals surface area contributed by atoms with Crippen LogP contribution in [0.1, 0.15) is 19.3 Å². The van der Waals surface area contributed by atoms with Crippen LogP contribution in [0, 0.1) is 0 Å². The molecule has 0 aliphatic carbocycles. The molecular weight excluding hydrogens is 161 g/mol. The molecule has 1 spiro atoms. The zero-order valence-electron chi connectivity index (χ0n) is 6.61. The van der Waals surface area contributed by atoms with Crippen molar-refractivity contribution in [2.75, 3.05) is 18.1 Å². The van der Waals surface area contributed by atoms with Gasteiger partial charge in [0.25, 0.3) is 0 Å². The third-order valence-electron chi connectivity index (χ3n) is 2.86. The van der Waals surface area contributed by atoms with Crippen molar-refractivity contribution >= 4 is 11.8 Å². The summed E-state index contributed by atoms with van der Waals surface area (Å²) in [4.78, 5) is 0. The number of hydrogen-bond acceptors (Lipinski definition) is 2. The molecule has 0 aromatic carbocycles. The number of rotatable bonds is 0. The van der Waals surface area contributed by atoms with Gasteiger partial charge in [0.15, 0.2) is 0 Å². The predicted octanol–water partition coefficient (Wildman–Crippen LogP) is 1.58. The van der Waals surface area contributed by atoms with E-state index in [1.165, 1.54) is 0 Å². The van der Waals surface area contributed by atoms with Crippen LogP contribution in [0.25, 0.3) is 0 Å². The molecule has 0 radical (unpaired) electrons. The Morgan fingerprint density at radius 2 is 2.09 bits per heavy atom. The number of alkyl halides is 1. The van der Waals surface area contributed by atoms with Crippen LogP contribution < -0.4 is 5.32 Å². The summed E-state index contributed by atoms with van der Waals surface area (Å²) in [6, 6.07) is 0. The molecule has 1 atom stereocenters. The molecule has 64 valence electrons. The van der Waals surface area contributed by atoms with Crippen molar-refractivity contribution in [2.45, 2.75) is 31.0 Å². The van der Waals surface area contributed by atoms with Crippen LogP contribution in [0.5, 0.6) is 0 Å². The third kappa shape index (κ3) is 1.29. The Morgan fingerprint density at radius 3 is 2.64 bits per heavy atom. The molecule has 0 bridgehead atoms. The van der Waals surface area contributed by atoms with E-state index in [2.05, 4.69) is 5.32 Å². The molecule has 1 nitrogen and oxygen atoms in total. The van der Waals surface area contributed by atoms with E-state index in [0.717, 1.165) is 37.3 Å². The molecule has 3 heteroatoms. The summed E-state index contributed by atoms with van der Waals surface area (Å²) in [5, 5.41) is 3.33. The van der Waals surface area contributed by atoms with E-state index in [-0.39, 0.29) is 5.54 Å². The average molecular weight is 175 g/mol. The smallest absolute Gasteiger partial charge is 0.119 e. The summed E-state index contributed by atoms with van der Waals surface area (Å²) in [6.07, 6.45) is 2.20. The van der Waals surface area contributed by atoms with Crippen LogP contribution in [0.4, 0.5) is 4.39 Å². The largest absolute Gasteiger partial charge is 0.308 e. The topological polar surface area (TPSA) is 12.0 Å². The molecule has 1 N–H and O–H groups in total. The maximum Gasteiger partial charge on any atom is 0.119 e. The van der Waals surface area contributed by atoms with E-state index in [9.17, 15) is 4.39 Å². The van der Waals surface area contributed by atoms with Crippen LogP contribution >= 0.6 is 11.8 Å².